The molecular formula is C19H16F6N4O. The topological polar surface area (TPSA) is 52.8 Å². The Bertz CT molecular complexity index is 1040. The molecule has 11 heteroatoms. The van der Waals surface area contributed by atoms with Gasteiger partial charge in [0.15, 0.2) is 17.2 Å². The Morgan fingerprint density at radius 2 is 1.50 bits per heavy atom. The van der Waals surface area contributed by atoms with Gasteiger partial charge in [-0.15, -0.1) is 10.2 Å². The van der Waals surface area contributed by atoms with Gasteiger partial charge in [0.1, 0.15) is 5.75 Å². The van der Waals surface area contributed by atoms with Crippen molar-refractivity contribution in [3.8, 4) is 17.1 Å². The second kappa shape index (κ2) is 7.29. The van der Waals surface area contributed by atoms with Gasteiger partial charge in [0.25, 0.3) is 0 Å². The number of aromatic nitrogens is 4. The average Bonchev–Trinajstić information content (AvgIpc) is 3.02. The van der Waals surface area contributed by atoms with E-state index in [9.17, 15) is 26.3 Å². The van der Waals surface area contributed by atoms with Crippen LogP contribution in [0.15, 0.2) is 42.7 Å². The van der Waals surface area contributed by atoms with Gasteiger partial charge in [-0.2, -0.15) is 26.3 Å². The number of hydrogen-bond acceptors (Lipinski definition) is 4. The van der Waals surface area contributed by atoms with Crippen LogP contribution in [-0.4, -0.2) is 19.7 Å². The van der Waals surface area contributed by atoms with Gasteiger partial charge >= 0.3 is 12.4 Å². The molecule has 3 rings (SSSR count). The number of benzene rings is 1. The highest BCUT2D eigenvalue weighted by Crippen LogP contribution is 2.37. The summed E-state index contributed by atoms with van der Waals surface area (Å²) in [6.07, 6.45) is -7.02. The summed E-state index contributed by atoms with van der Waals surface area (Å²) < 4.78 is 85.2. The molecule has 0 radical (unpaired) electrons. The van der Waals surface area contributed by atoms with Crippen molar-refractivity contribution in [2.45, 2.75) is 31.8 Å². The molecule has 0 unspecified atom stereocenters. The smallest absolute Gasteiger partial charge is 0.417 e. The lowest BCUT2D eigenvalue weighted by molar-refractivity contribution is -0.138. The van der Waals surface area contributed by atoms with E-state index in [2.05, 4.69) is 15.2 Å². The van der Waals surface area contributed by atoms with Crippen molar-refractivity contribution in [1.82, 2.24) is 19.7 Å². The first-order chi connectivity index (χ1) is 13.8. The van der Waals surface area contributed by atoms with Crippen LogP contribution in [0.5, 0.6) is 5.75 Å². The fourth-order valence-electron chi connectivity index (χ4n) is 2.96. The van der Waals surface area contributed by atoms with Crippen LogP contribution in [0, 0.1) is 0 Å². The highest BCUT2D eigenvalue weighted by molar-refractivity contribution is 5.60. The van der Waals surface area contributed by atoms with E-state index >= 15 is 0 Å². The van der Waals surface area contributed by atoms with Crippen molar-refractivity contribution in [2.24, 2.45) is 7.05 Å². The molecule has 0 N–H and O–H groups in total. The molecule has 160 valence electrons. The van der Waals surface area contributed by atoms with E-state index in [0.717, 1.165) is 42.7 Å². The molecule has 0 spiro atoms. The Morgan fingerprint density at radius 3 is 2.07 bits per heavy atom. The minimum atomic E-state index is -4.61. The zero-order valence-electron chi connectivity index (χ0n) is 16.0. The summed E-state index contributed by atoms with van der Waals surface area (Å²) in [4.78, 5) is 3.74. The molecule has 0 saturated carbocycles. The van der Waals surface area contributed by atoms with Gasteiger partial charge in [0.05, 0.1) is 11.1 Å². The highest BCUT2D eigenvalue weighted by atomic mass is 19.4. The maximum absolute atomic E-state index is 13.3. The largest absolute Gasteiger partial charge is 0.480 e. The van der Waals surface area contributed by atoms with Gasteiger partial charge < -0.3 is 9.30 Å². The Hall–Kier alpha value is -3.11. The summed E-state index contributed by atoms with van der Waals surface area (Å²) in [6.45, 7) is 3.15. The minimum absolute atomic E-state index is 0.0745. The second-order valence-corrected chi connectivity index (χ2v) is 6.96. The van der Waals surface area contributed by atoms with Crippen molar-refractivity contribution in [1.29, 1.82) is 0 Å². The van der Waals surface area contributed by atoms with Crippen molar-refractivity contribution >= 4 is 0 Å². The fraction of sp³-hybridized carbons (Fsp3) is 0.316. The normalized spacial score (nSPS) is 12.8. The molecule has 0 atom stereocenters. The van der Waals surface area contributed by atoms with E-state index in [0.29, 0.717) is 0 Å². The van der Waals surface area contributed by atoms with E-state index in [1.807, 2.05) is 0 Å². The van der Waals surface area contributed by atoms with Crippen molar-refractivity contribution in [3.63, 3.8) is 0 Å². The number of nitrogens with zero attached hydrogens (tertiary/aromatic N) is 4. The quantitative estimate of drug-likeness (QED) is 0.532. The molecule has 2 heterocycles. The number of hydrogen-bond donors (Lipinski definition) is 0. The van der Waals surface area contributed by atoms with E-state index in [1.54, 1.807) is 13.8 Å². The van der Waals surface area contributed by atoms with Crippen LogP contribution in [0.4, 0.5) is 26.3 Å². The highest BCUT2D eigenvalue weighted by Gasteiger charge is 2.37. The summed E-state index contributed by atoms with van der Waals surface area (Å²) in [5.74, 6) is 0.235. The predicted molar refractivity (Wildman–Crippen MR) is 94.3 cm³/mol. The summed E-state index contributed by atoms with van der Waals surface area (Å²) >= 11 is 0. The van der Waals surface area contributed by atoms with Crippen LogP contribution in [0.25, 0.3) is 11.4 Å². The molecule has 1 aromatic carbocycles. The maximum atomic E-state index is 13.3. The van der Waals surface area contributed by atoms with E-state index < -0.39 is 29.1 Å². The molecule has 0 aliphatic heterocycles. The van der Waals surface area contributed by atoms with Gasteiger partial charge in [-0.25, -0.2) is 0 Å². The van der Waals surface area contributed by atoms with Gasteiger partial charge in [0, 0.05) is 25.0 Å². The lowest BCUT2D eigenvalue weighted by Crippen LogP contribution is -2.29. The third kappa shape index (κ3) is 4.24. The molecular weight excluding hydrogens is 414 g/mol. The summed E-state index contributed by atoms with van der Waals surface area (Å²) in [6, 6.07) is 4.90. The predicted octanol–water partition coefficient (Wildman–Crippen LogP) is 5.23. The van der Waals surface area contributed by atoms with Gasteiger partial charge in [-0.05, 0) is 44.2 Å². The molecule has 0 fully saturated rings. The van der Waals surface area contributed by atoms with Gasteiger partial charge in [0.2, 0.25) is 0 Å². The second-order valence-electron chi connectivity index (χ2n) is 6.96. The standard InChI is InChI=1S/C19H16F6N4O/c1-17(2,30-12-6-4-11(5-7-12)18(20,21)22)16-28-27-15(29(16)3)13-10-26-9-8-14(13)19(23,24)25/h4-10H,1-3H3. The molecule has 0 aliphatic rings. The first-order valence-electron chi connectivity index (χ1n) is 8.58. The van der Waals surface area contributed by atoms with E-state index in [-0.39, 0.29) is 23.0 Å². The van der Waals surface area contributed by atoms with Gasteiger partial charge in [-0.3, -0.25) is 4.98 Å². The van der Waals surface area contributed by atoms with E-state index in [4.69, 9.17) is 4.74 Å². The van der Waals surface area contributed by atoms with Crippen LogP contribution < -0.4 is 4.74 Å². The first-order valence-corrected chi connectivity index (χ1v) is 8.58. The fourth-order valence-corrected chi connectivity index (χ4v) is 2.96. The molecule has 2 aromatic heterocycles. The van der Waals surface area contributed by atoms with Crippen LogP contribution in [0.2, 0.25) is 0 Å². The minimum Gasteiger partial charge on any atom is -0.480 e. The molecule has 30 heavy (non-hydrogen) atoms. The zero-order valence-corrected chi connectivity index (χ0v) is 16.0. The Kier molecular flexibility index (Phi) is 5.25. The van der Waals surface area contributed by atoms with Crippen LogP contribution >= 0.6 is 0 Å². The van der Waals surface area contributed by atoms with Crippen LogP contribution in [0.3, 0.4) is 0 Å². The molecule has 3 aromatic rings. The molecule has 0 aliphatic carbocycles. The Morgan fingerprint density at radius 1 is 0.867 bits per heavy atom. The number of alkyl halides is 6. The van der Waals surface area contributed by atoms with Crippen molar-refractivity contribution < 1.29 is 31.1 Å². The molecule has 5 nitrogen and oxygen atoms in total. The van der Waals surface area contributed by atoms with Gasteiger partial charge in [-0.1, -0.05) is 0 Å². The average molecular weight is 430 g/mol. The Labute approximate surface area is 167 Å². The number of ether oxygens (including phenoxy) is 1. The summed E-state index contributed by atoms with van der Waals surface area (Å²) in [5, 5.41) is 7.81. The van der Waals surface area contributed by atoms with Crippen LogP contribution in [-0.2, 0) is 25.0 Å². The Balaban J connectivity index is 1.94. The molecule has 0 amide bonds. The summed E-state index contributed by atoms with van der Waals surface area (Å²) in [7, 11) is 1.47. The lowest BCUT2D eigenvalue weighted by atomic mass is 10.1. The number of rotatable bonds is 4. The van der Waals surface area contributed by atoms with Crippen LogP contribution in [0.1, 0.15) is 30.8 Å². The van der Waals surface area contributed by atoms with E-state index in [1.165, 1.54) is 11.6 Å². The zero-order chi connectivity index (χ0) is 22.3. The third-order valence-corrected chi connectivity index (χ3v) is 4.34. The van der Waals surface area contributed by atoms with Crippen molar-refractivity contribution in [2.75, 3.05) is 0 Å². The number of pyridine rings is 1. The molecule has 0 saturated heterocycles. The SMILES string of the molecule is Cn1c(-c2cnccc2C(F)(F)F)nnc1C(C)(C)Oc1ccc(C(F)(F)F)cc1. The van der Waals surface area contributed by atoms with Crippen molar-refractivity contribution in [3.05, 3.63) is 59.7 Å². The number of halogens is 6. The lowest BCUT2D eigenvalue weighted by Gasteiger charge is -2.25. The first kappa shape index (κ1) is 21.6. The monoisotopic (exact) mass is 430 g/mol. The maximum Gasteiger partial charge on any atom is 0.417 e. The molecule has 0 bridgehead atoms. The third-order valence-electron chi connectivity index (χ3n) is 4.34. The summed E-state index contributed by atoms with van der Waals surface area (Å²) in [5.41, 5.74) is -3.21.